The fraction of sp³-hybridized carbons (Fsp3) is 0.333. The van der Waals surface area contributed by atoms with Crippen LogP contribution >= 0.6 is 0 Å². The van der Waals surface area contributed by atoms with Gasteiger partial charge in [0.15, 0.2) is 9.84 Å². The Kier molecular flexibility index (Phi) is 14.0. The minimum Gasteiger partial charge on any atom is -0.224 e. The summed E-state index contributed by atoms with van der Waals surface area (Å²) in [7, 11) is -3.10. The molecule has 0 unspecified atom stereocenters. The van der Waals surface area contributed by atoms with Crippen LogP contribution in [0.5, 0.6) is 0 Å². The van der Waals surface area contributed by atoms with Gasteiger partial charge in [0.2, 0.25) is 0 Å². The maximum atomic E-state index is 11.3. The second kappa shape index (κ2) is 13.0. The van der Waals surface area contributed by atoms with E-state index in [0.29, 0.717) is 4.90 Å². The molecule has 0 aliphatic carbocycles. The summed E-state index contributed by atoms with van der Waals surface area (Å²) in [6.45, 7) is 8.00. The standard InChI is InChI=1S/C14H13O2S.2C2H6.Y/c1-17(15,16)14-9-7-13(8-10-14)11-12-5-3-2-4-6-12;2*1-2;/h2-5,7-10H,11H2,1H3;2*1-2H3;/q-1;;;. The monoisotopic (exact) mass is 394 g/mol. The van der Waals surface area contributed by atoms with Crippen LogP contribution in [0, 0.1) is 6.07 Å². The van der Waals surface area contributed by atoms with Crippen molar-refractivity contribution in [2.45, 2.75) is 39.0 Å². The molecule has 0 aliphatic heterocycles. The van der Waals surface area contributed by atoms with Crippen LogP contribution in [0.4, 0.5) is 0 Å². The van der Waals surface area contributed by atoms with Gasteiger partial charge >= 0.3 is 0 Å². The Morgan fingerprint density at radius 1 is 0.909 bits per heavy atom. The smallest absolute Gasteiger partial charge is 0.175 e. The van der Waals surface area contributed by atoms with Gasteiger partial charge in [0.05, 0.1) is 4.90 Å². The Morgan fingerprint density at radius 3 is 1.86 bits per heavy atom. The zero-order valence-corrected chi connectivity index (χ0v) is 17.8. The van der Waals surface area contributed by atoms with Crippen molar-refractivity contribution >= 4 is 9.84 Å². The van der Waals surface area contributed by atoms with Crippen LogP contribution < -0.4 is 0 Å². The molecule has 0 spiro atoms. The molecular weight excluding hydrogens is 369 g/mol. The molecule has 22 heavy (non-hydrogen) atoms. The second-order valence-corrected chi connectivity index (χ2v) is 6.00. The predicted octanol–water partition coefficient (Wildman–Crippen LogP) is 4.53. The molecule has 4 heteroatoms. The van der Waals surface area contributed by atoms with Gasteiger partial charge in [0.1, 0.15) is 0 Å². The molecule has 0 amide bonds. The van der Waals surface area contributed by atoms with Gasteiger partial charge in [0.25, 0.3) is 0 Å². The summed E-state index contributed by atoms with van der Waals surface area (Å²) in [5, 5.41) is 0. The van der Waals surface area contributed by atoms with Crippen LogP contribution in [0.1, 0.15) is 38.8 Å². The van der Waals surface area contributed by atoms with E-state index in [9.17, 15) is 8.42 Å². The summed E-state index contributed by atoms with van der Waals surface area (Å²) in [6.07, 6.45) is 1.98. The van der Waals surface area contributed by atoms with Crippen molar-refractivity contribution in [3.63, 3.8) is 0 Å². The van der Waals surface area contributed by atoms with Crippen LogP contribution in [0.3, 0.4) is 0 Å². The molecule has 0 fully saturated rings. The summed E-state index contributed by atoms with van der Waals surface area (Å²) < 4.78 is 22.6. The Bertz CT molecular complexity index is 591. The van der Waals surface area contributed by atoms with Crippen molar-refractivity contribution in [2.24, 2.45) is 0 Å². The molecule has 1 radical (unpaired) electrons. The minimum atomic E-state index is -3.10. The average Bonchev–Trinajstić information content (AvgIpc) is 2.52. The molecule has 119 valence electrons. The predicted molar refractivity (Wildman–Crippen MR) is 90.3 cm³/mol. The second-order valence-electron chi connectivity index (χ2n) is 3.98. The average molecular weight is 394 g/mol. The van der Waals surface area contributed by atoms with E-state index in [1.165, 1.54) is 6.26 Å². The quantitative estimate of drug-likeness (QED) is 0.717. The van der Waals surface area contributed by atoms with E-state index in [0.717, 1.165) is 17.5 Å². The van der Waals surface area contributed by atoms with E-state index in [1.807, 2.05) is 64.1 Å². The largest absolute Gasteiger partial charge is 0.224 e. The summed E-state index contributed by atoms with van der Waals surface area (Å²) >= 11 is 0. The van der Waals surface area contributed by atoms with Gasteiger partial charge in [-0.25, -0.2) is 8.42 Å². The van der Waals surface area contributed by atoms with Crippen LogP contribution in [-0.4, -0.2) is 14.7 Å². The molecule has 2 aromatic rings. The minimum absolute atomic E-state index is 0. The topological polar surface area (TPSA) is 34.1 Å². The van der Waals surface area contributed by atoms with E-state index in [-0.39, 0.29) is 32.7 Å². The molecule has 0 N–H and O–H groups in total. The first kappa shape index (κ1) is 23.8. The molecule has 2 nitrogen and oxygen atoms in total. The van der Waals surface area contributed by atoms with Gasteiger partial charge in [-0.15, -0.1) is 0 Å². The summed E-state index contributed by atoms with van der Waals surface area (Å²) in [4.78, 5) is 0.360. The van der Waals surface area contributed by atoms with Crippen molar-refractivity contribution in [2.75, 3.05) is 6.26 Å². The summed E-state index contributed by atoms with van der Waals surface area (Å²) in [5.74, 6) is 0. The number of rotatable bonds is 3. The van der Waals surface area contributed by atoms with Gasteiger partial charge in [-0.2, -0.15) is 35.9 Å². The Labute approximate surface area is 161 Å². The molecule has 2 rings (SSSR count). The van der Waals surface area contributed by atoms with Gasteiger partial charge in [-0.05, 0) is 24.1 Å². The molecule has 0 aromatic heterocycles. The van der Waals surface area contributed by atoms with Crippen LogP contribution in [0.15, 0.2) is 53.4 Å². The first-order valence-electron chi connectivity index (χ1n) is 7.30. The number of sulfone groups is 1. The third kappa shape index (κ3) is 8.82. The van der Waals surface area contributed by atoms with Crippen molar-refractivity contribution < 1.29 is 41.1 Å². The van der Waals surface area contributed by atoms with Gasteiger partial charge in [-0.1, -0.05) is 39.8 Å². The van der Waals surface area contributed by atoms with E-state index in [1.54, 1.807) is 12.1 Å². The van der Waals surface area contributed by atoms with Crippen molar-refractivity contribution in [3.05, 3.63) is 65.7 Å². The first-order valence-corrected chi connectivity index (χ1v) is 9.19. The number of hydrogen-bond acceptors (Lipinski definition) is 2. The summed E-state index contributed by atoms with van der Waals surface area (Å²) in [6, 6.07) is 17.9. The Hall–Kier alpha value is -0.506. The molecule has 0 atom stereocenters. The Morgan fingerprint density at radius 2 is 1.45 bits per heavy atom. The fourth-order valence-electron chi connectivity index (χ4n) is 1.61. The molecule has 0 bridgehead atoms. The maximum absolute atomic E-state index is 11.3. The normalized spacial score (nSPS) is 9.32. The fourth-order valence-corrected chi connectivity index (χ4v) is 2.25. The van der Waals surface area contributed by atoms with Gasteiger partial charge < -0.3 is 0 Å². The van der Waals surface area contributed by atoms with Gasteiger partial charge in [0, 0.05) is 39.0 Å². The van der Waals surface area contributed by atoms with E-state index in [4.69, 9.17) is 0 Å². The third-order valence-electron chi connectivity index (χ3n) is 2.52. The molecule has 0 aliphatic rings. The van der Waals surface area contributed by atoms with Crippen molar-refractivity contribution in [1.82, 2.24) is 0 Å². The van der Waals surface area contributed by atoms with Crippen LogP contribution in [0.2, 0.25) is 0 Å². The zero-order chi connectivity index (χ0) is 16.3. The number of benzene rings is 2. The molecule has 0 heterocycles. The van der Waals surface area contributed by atoms with Crippen LogP contribution in [-0.2, 0) is 49.0 Å². The molecule has 0 saturated carbocycles. The van der Waals surface area contributed by atoms with Gasteiger partial charge in [-0.3, -0.25) is 0 Å². The zero-order valence-electron chi connectivity index (χ0n) is 14.1. The van der Waals surface area contributed by atoms with E-state index in [2.05, 4.69) is 6.07 Å². The third-order valence-corrected chi connectivity index (χ3v) is 3.65. The molecular formula is C18H25O2SY-. The number of hydrogen-bond donors (Lipinski definition) is 0. The van der Waals surface area contributed by atoms with Crippen molar-refractivity contribution in [3.8, 4) is 0 Å². The Balaban J connectivity index is 0. The molecule has 2 aromatic carbocycles. The summed E-state index contributed by atoms with van der Waals surface area (Å²) in [5.41, 5.74) is 2.18. The van der Waals surface area contributed by atoms with Crippen molar-refractivity contribution in [1.29, 1.82) is 0 Å². The van der Waals surface area contributed by atoms with Crippen LogP contribution in [0.25, 0.3) is 0 Å². The van der Waals surface area contributed by atoms with E-state index >= 15 is 0 Å². The molecule has 0 saturated heterocycles. The van der Waals surface area contributed by atoms with E-state index < -0.39 is 9.84 Å². The maximum Gasteiger partial charge on any atom is 0.175 e. The first-order chi connectivity index (χ1) is 10.1. The SMILES string of the molecule is CC.CC.CS(=O)(=O)c1ccc(Cc2[c-]cccc2)cc1.[Y].